The van der Waals surface area contributed by atoms with Crippen LogP contribution in [0.15, 0.2) is 23.4 Å². The maximum absolute atomic E-state index is 12.2. The largest absolute Gasteiger partial charge is 0.550 e. The van der Waals surface area contributed by atoms with Crippen LogP contribution >= 0.6 is 24.0 Å². The third kappa shape index (κ3) is 3.49. The van der Waals surface area contributed by atoms with Gasteiger partial charge in [0.05, 0.1) is 4.91 Å². The lowest BCUT2D eigenvalue weighted by atomic mass is 10.2. The summed E-state index contributed by atoms with van der Waals surface area (Å²) in [7, 11) is 1.91. The van der Waals surface area contributed by atoms with E-state index < -0.39 is 5.97 Å². The van der Waals surface area contributed by atoms with Crippen molar-refractivity contribution in [3.63, 3.8) is 0 Å². The fourth-order valence-corrected chi connectivity index (χ4v) is 3.14. The average Bonchev–Trinajstić information content (AvgIpc) is 2.88. The summed E-state index contributed by atoms with van der Waals surface area (Å²) in [6, 6.07) is 1.91. The number of amides is 1. The predicted molar refractivity (Wildman–Crippen MR) is 79.5 cm³/mol. The predicted octanol–water partition coefficient (Wildman–Crippen LogP) is 0.756. The second-order valence-corrected chi connectivity index (χ2v) is 6.09. The molecule has 0 atom stereocenters. The molecule has 2 rings (SSSR count). The standard InChI is InChI=1S/C13H14N2O3S2/c1-14-6-4-9(8-14)7-10-12(18)15(13(19)20-10)5-2-3-11(16)17/h4,6-8H,2-3,5H2,1H3,(H,16,17)/p-1/b10-7+. The van der Waals surface area contributed by atoms with Crippen LogP contribution < -0.4 is 5.11 Å². The highest BCUT2D eigenvalue weighted by molar-refractivity contribution is 8.26. The molecule has 106 valence electrons. The number of carboxylic acids is 1. The number of hydrogen-bond donors (Lipinski definition) is 0. The number of rotatable bonds is 5. The van der Waals surface area contributed by atoms with E-state index in [1.807, 2.05) is 30.1 Å². The minimum atomic E-state index is -1.12. The zero-order valence-electron chi connectivity index (χ0n) is 10.9. The summed E-state index contributed by atoms with van der Waals surface area (Å²) in [4.78, 5) is 24.6. The Morgan fingerprint density at radius 2 is 2.30 bits per heavy atom. The van der Waals surface area contributed by atoms with Gasteiger partial charge in [-0.25, -0.2) is 0 Å². The van der Waals surface area contributed by atoms with E-state index in [4.69, 9.17) is 12.2 Å². The Morgan fingerprint density at radius 1 is 1.55 bits per heavy atom. The van der Waals surface area contributed by atoms with Crippen LogP contribution in [-0.4, -0.2) is 32.2 Å². The smallest absolute Gasteiger partial charge is 0.266 e. The van der Waals surface area contributed by atoms with Crippen LogP contribution in [0.3, 0.4) is 0 Å². The van der Waals surface area contributed by atoms with E-state index in [1.54, 1.807) is 6.08 Å². The van der Waals surface area contributed by atoms with Gasteiger partial charge < -0.3 is 14.5 Å². The SMILES string of the molecule is Cn1ccc(/C=C2/SC(=S)N(CCCC(=O)[O-])C2=O)c1. The lowest BCUT2D eigenvalue weighted by Gasteiger charge is -2.14. The van der Waals surface area contributed by atoms with Crippen molar-refractivity contribution in [1.29, 1.82) is 0 Å². The van der Waals surface area contributed by atoms with E-state index in [0.717, 1.165) is 5.56 Å². The van der Waals surface area contributed by atoms with Gasteiger partial charge in [-0.2, -0.15) is 0 Å². The second kappa shape index (κ2) is 6.23. The zero-order chi connectivity index (χ0) is 14.7. The topological polar surface area (TPSA) is 65.4 Å². The van der Waals surface area contributed by atoms with Crippen LogP contribution in [0.2, 0.25) is 0 Å². The highest BCUT2D eigenvalue weighted by Gasteiger charge is 2.31. The number of carbonyl (C=O) groups excluding carboxylic acids is 2. The number of aliphatic carboxylic acids is 1. The van der Waals surface area contributed by atoms with Crippen molar-refractivity contribution in [2.24, 2.45) is 7.05 Å². The van der Waals surface area contributed by atoms with Crippen molar-refractivity contribution >= 4 is 46.3 Å². The molecule has 0 unspecified atom stereocenters. The molecule has 20 heavy (non-hydrogen) atoms. The van der Waals surface area contributed by atoms with Crippen LogP contribution in [0.5, 0.6) is 0 Å². The Balaban J connectivity index is 2.04. The van der Waals surface area contributed by atoms with E-state index in [2.05, 4.69) is 0 Å². The number of thioether (sulfide) groups is 1. The Bertz CT molecular complexity index is 592. The van der Waals surface area contributed by atoms with Crippen LogP contribution in [0.4, 0.5) is 0 Å². The minimum absolute atomic E-state index is 0.0746. The molecular weight excluding hydrogens is 296 g/mol. The van der Waals surface area contributed by atoms with Crippen LogP contribution in [0.1, 0.15) is 18.4 Å². The first kappa shape index (κ1) is 14.8. The Hall–Kier alpha value is -1.60. The number of carbonyl (C=O) groups is 2. The molecule has 1 fully saturated rings. The molecule has 0 aliphatic carbocycles. The van der Waals surface area contributed by atoms with E-state index >= 15 is 0 Å². The first-order valence-corrected chi connectivity index (χ1v) is 7.27. The first-order chi connectivity index (χ1) is 9.47. The summed E-state index contributed by atoms with van der Waals surface area (Å²) in [5, 5.41) is 10.4. The summed E-state index contributed by atoms with van der Waals surface area (Å²) in [6.07, 6.45) is 5.86. The zero-order valence-corrected chi connectivity index (χ0v) is 12.5. The summed E-state index contributed by atoms with van der Waals surface area (Å²) < 4.78 is 2.36. The molecule has 2 heterocycles. The molecule has 7 heteroatoms. The highest BCUT2D eigenvalue weighted by Crippen LogP contribution is 2.32. The van der Waals surface area contributed by atoms with Gasteiger partial charge in [0.25, 0.3) is 5.91 Å². The lowest BCUT2D eigenvalue weighted by molar-refractivity contribution is -0.305. The fourth-order valence-electron chi connectivity index (χ4n) is 1.84. The molecule has 5 nitrogen and oxygen atoms in total. The van der Waals surface area contributed by atoms with Gasteiger partial charge >= 0.3 is 0 Å². The van der Waals surface area contributed by atoms with Crippen molar-refractivity contribution in [2.75, 3.05) is 6.54 Å². The third-order valence-electron chi connectivity index (χ3n) is 2.79. The van der Waals surface area contributed by atoms with Crippen molar-refractivity contribution in [3.8, 4) is 0 Å². The summed E-state index contributed by atoms with van der Waals surface area (Å²) >= 11 is 6.40. The molecule has 1 aromatic rings. The maximum Gasteiger partial charge on any atom is 0.266 e. The third-order valence-corrected chi connectivity index (χ3v) is 4.17. The quantitative estimate of drug-likeness (QED) is 0.593. The van der Waals surface area contributed by atoms with Crippen molar-refractivity contribution in [3.05, 3.63) is 28.9 Å². The number of aryl methyl sites for hydroxylation is 1. The number of thiocarbonyl (C=S) groups is 1. The van der Waals surface area contributed by atoms with Crippen molar-refractivity contribution < 1.29 is 14.7 Å². The molecule has 1 aromatic heterocycles. The number of aromatic nitrogens is 1. The van der Waals surface area contributed by atoms with Crippen molar-refractivity contribution in [2.45, 2.75) is 12.8 Å². The van der Waals surface area contributed by atoms with Gasteiger partial charge in [-0.05, 0) is 30.5 Å². The van der Waals surface area contributed by atoms with E-state index in [1.165, 1.54) is 16.7 Å². The second-order valence-electron chi connectivity index (χ2n) is 4.42. The Morgan fingerprint density at radius 3 is 2.90 bits per heavy atom. The molecule has 0 bridgehead atoms. The van der Waals surface area contributed by atoms with Gasteiger partial charge in [-0.3, -0.25) is 9.69 Å². The fraction of sp³-hybridized carbons (Fsp3) is 0.308. The Kier molecular flexibility index (Phi) is 4.61. The molecule has 1 amide bonds. The van der Waals surface area contributed by atoms with Crippen molar-refractivity contribution in [1.82, 2.24) is 9.47 Å². The van der Waals surface area contributed by atoms with Gasteiger partial charge in [0, 0.05) is 32.0 Å². The lowest BCUT2D eigenvalue weighted by Crippen LogP contribution is -2.30. The molecule has 0 aromatic carbocycles. The first-order valence-electron chi connectivity index (χ1n) is 6.04. The summed E-state index contributed by atoms with van der Waals surface area (Å²) in [5.41, 5.74) is 0.933. The summed E-state index contributed by atoms with van der Waals surface area (Å²) in [5.74, 6) is -1.28. The van der Waals surface area contributed by atoms with Gasteiger partial charge in [0.1, 0.15) is 4.32 Å². The molecule has 0 saturated carbocycles. The molecule has 1 saturated heterocycles. The number of hydrogen-bond acceptors (Lipinski definition) is 5. The van der Waals surface area contributed by atoms with E-state index in [0.29, 0.717) is 22.2 Å². The van der Waals surface area contributed by atoms with Gasteiger partial charge in [-0.15, -0.1) is 0 Å². The maximum atomic E-state index is 12.2. The van der Waals surface area contributed by atoms with Gasteiger partial charge in [0.2, 0.25) is 0 Å². The molecule has 1 aliphatic heterocycles. The number of nitrogens with zero attached hydrogens (tertiary/aromatic N) is 2. The van der Waals surface area contributed by atoms with E-state index in [-0.39, 0.29) is 12.3 Å². The Labute approximate surface area is 126 Å². The molecule has 0 spiro atoms. The van der Waals surface area contributed by atoms with Gasteiger partial charge in [-0.1, -0.05) is 24.0 Å². The normalized spacial score (nSPS) is 17.2. The molecule has 1 aliphatic rings. The summed E-state index contributed by atoms with van der Waals surface area (Å²) in [6.45, 7) is 0.310. The molecule has 0 N–H and O–H groups in total. The molecular formula is C13H13N2O3S2-. The van der Waals surface area contributed by atoms with Gasteiger partial charge in [0.15, 0.2) is 0 Å². The van der Waals surface area contributed by atoms with Crippen LogP contribution in [-0.2, 0) is 16.6 Å². The monoisotopic (exact) mass is 309 g/mol. The minimum Gasteiger partial charge on any atom is -0.550 e. The van der Waals surface area contributed by atoms with Crippen LogP contribution in [0, 0.1) is 0 Å². The highest BCUT2D eigenvalue weighted by atomic mass is 32.2. The molecule has 0 radical (unpaired) electrons. The number of carboxylic acid groups (broad SMARTS) is 1. The van der Waals surface area contributed by atoms with Crippen LogP contribution in [0.25, 0.3) is 6.08 Å². The average molecular weight is 309 g/mol. The van der Waals surface area contributed by atoms with E-state index in [9.17, 15) is 14.7 Å².